The highest BCUT2D eigenvalue weighted by Crippen LogP contribution is 2.42. The van der Waals surface area contributed by atoms with E-state index in [1.165, 1.54) is 49.4 Å². The van der Waals surface area contributed by atoms with E-state index < -0.39 is 16.7 Å². The fourth-order valence-electron chi connectivity index (χ4n) is 3.38. The van der Waals surface area contributed by atoms with Gasteiger partial charge in [0.1, 0.15) is 11.5 Å². The number of carbonyl (C=O) groups is 2. The van der Waals surface area contributed by atoms with Crippen molar-refractivity contribution in [2.75, 3.05) is 12.0 Å². The summed E-state index contributed by atoms with van der Waals surface area (Å²) in [6, 6.07) is 14.3. The quantitative estimate of drug-likeness (QED) is 0.291. The lowest BCUT2D eigenvalue weighted by molar-refractivity contribution is -0.384. The van der Waals surface area contributed by atoms with Crippen LogP contribution in [0.25, 0.3) is 5.57 Å². The van der Waals surface area contributed by atoms with E-state index in [0.29, 0.717) is 28.5 Å². The van der Waals surface area contributed by atoms with Crippen LogP contribution < -0.4 is 9.64 Å². The van der Waals surface area contributed by atoms with E-state index in [1.54, 1.807) is 24.3 Å². The van der Waals surface area contributed by atoms with Gasteiger partial charge in [0.2, 0.25) is 0 Å². The Hall–Kier alpha value is -3.85. The maximum atomic E-state index is 13.5. The van der Waals surface area contributed by atoms with E-state index in [-0.39, 0.29) is 16.2 Å². The SMILES string of the molecule is COc1ccc(C)cc1N1C(=O)C(SCc2ccco2)=C(c2ccc([N+](=O)[O-])cc2)C1=O. The number of rotatable bonds is 7. The van der Waals surface area contributed by atoms with Gasteiger partial charge in [0.15, 0.2) is 0 Å². The lowest BCUT2D eigenvalue weighted by atomic mass is 10.1. The molecule has 0 aliphatic carbocycles. The van der Waals surface area contributed by atoms with Crippen molar-refractivity contribution in [3.63, 3.8) is 0 Å². The zero-order valence-corrected chi connectivity index (χ0v) is 18.0. The average molecular weight is 450 g/mol. The molecule has 8 nitrogen and oxygen atoms in total. The monoisotopic (exact) mass is 450 g/mol. The molecular formula is C23H18N2O6S. The molecule has 2 amide bonds. The molecule has 0 spiro atoms. The molecule has 162 valence electrons. The van der Waals surface area contributed by atoms with Crippen LogP contribution >= 0.6 is 11.8 Å². The van der Waals surface area contributed by atoms with Gasteiger partial charge in [0.25, 0.3) is 17.5 Å². The number of methoxy groups -OCH3 is 1. The molecule has 0 saturated heterocycles. The third-order valence-corrected chi connectivity index (χ3v) is 6.02. The Morgan fingerprint density at radius 3 is 2.47 bits per heavy atom. The summed E-state index contributed by atoms with van der Waals surface area (Å²) in [5, 5.41) is 11.0. The summed E-state index contributed by atoms with van der Waals surface area (Å²) in [4.78, 5) is 38.8. The van der Waals surface area contributed by atoms with Gasteiger partial charge in [-0.1, -0.05) is 6.07 Å². The molecule has 9 heteroatoms. The summed E-state index contributed by atoms with van der Waals surface area (Å²) >= 11 is 1.18. The Balaban J connectivity index is 1.79. The minimum absolute atomic E-state index is 0.104. The summed E-state index contributed by atoms with van der Waals surface area (Å²) < 4.78 is 10.7. The number of ether oxygens (including phenoxy) is 1. The van der Waals surface area contributed by atoms with Crippen LogP contribution in [-0.2, 0) is 15.3 Å². The number of imide groups is 1. The Labute approximate surface area is 187 Å². The number of benzene rings is 2. The first-order valence-corrected chi connectivity index (χ1v) is 10.6. The number of thioether (sulfide) groups is 1. The Morgan fingerprint density at radius 1 is 1.09 bits per heavy atom. The highest BCUT2D eigenvalue weighted by Gasteiger charge is 2.41. The molecule has 0 saturated carbocycles. The fraction of sp³-hybridized carbons (Fsp3) is 0.130. The molecule has 1 aromatic heterocycles. The molecule has 0 bridgehead atoms. The zero-order valence-electron chi connectivity index (χ0n) is 17.2. The Morgan fingerprint density at radius 2 is 1.84 bits per heavy atom. The Bertz CT molecular complexity index is 1230. The lowest BCUT2D eigenvalue weighted by Gasteiger charge is -2.19. The number of nitro benzene ring substituents is 1. The van der Waals surface area contributed by atoms with Crippen LogP contribution in [0.15, 0.2) is 70.2 Å². The van der Waals surface area contributed by atoms with Crippen molar-refractivity contribution in [3.8, 4) is 5.75 Å². The molecule has 1 aliphatic heterocycles. The van der Waals surface area contributed by atoms with Gasteiger partial charge in [-0.05, 0) is 54.4 Å². The molecule has 2 aromatic carbocycles. The molecule has 1 aliphatic rings. The number of anilines is 1. The van der Waals surface area contributed by atoms with Crippen molar-refractivity contribution >= 4 is 40.5 Å². The molecule has 4 rings (SSSR count). The number of hydrogen-bond acceptors (Lipinski definition) is 7. The van der Waals surface area contributed by atoms with Gasteiger partial charge in [-0.25, -0.2) is 4.90 Å². The smallest absolute Gasteiger partial charge is 0.272 e. The van der Waals surface area contributed by atoms with Crippen LogP contribution in [0.5, 0.6) is 5.75 Å². The van der Waals surface area contributed by atoms with Gasteiger partial charge in [-0.2, -0.15) is 0 Å². The van der Waals surface area contributed by atoms with Crippen molar-refractivity contribution in [1.29, 1.82) is 0 Å². The molecule has 0 radical (unpaired) electrons. The second-order valence-electron chi connectivity index (χ2n) is 7.00. The van der Waals surface area contributed by atoms with Crippen molar-refractivity contribution in [2.45, 2.75) is 12.7 Å². The molecule has 32 heavy (non-hydrogen) atoms. The molecule has 0 atom stereocenters. The van der Waals surface area contributed by atoms with Crippen molar-refractivity contribution in [1.82, 2.24) is 0 Å². The summed E-state index contributed by atoms with van der Waals surface area (Å²) in [7, 11) is 1.47. The number of hydrogen-bond donors (Lipinski definition) is 0. The van der Waals surface area contributed by atoms with Crippen LogP contribution in [0.4, 0.5) is 11.4 Å². The van der Waals surface area contributed by atoms with Gasteiger partial charge in [-0.15, -0.1) is 11.8 Å². The van der Waals surface area contributed by atoms with Crippen LogP contribution in [-0.4, -0.2) is 23.8 Å². The largest absolute Gasteiger partial charge is 0.495 e. The van der Waals surface area contributed by atoms with E-state index in [4.69, 9.17) is 9.15 Å². The van der Waals surface area contributed by atoms with Crippen LogP contribution in [0.2, 0.25) is 0 Å². The minimum Gasteiger partial charge on any atom is -0.495 e. The number of non-ortho nitro benzene ring substituents is 1. The molecular weight excluding hydrogens is 432 g/mol. The van der Waals surface area contributed by atoms with Crippen LogP contribution in [0, 0.1) is 17.0 Å². The highest BCUT2D eigenvalue weighted by atomic mass is 32.2. The normalized spacial score (nSPS) is 13.8. The second-order valence-corrected chi connectivity index (χ2v) is 7.98. The zero-order chi connectivity index (χ0) is 22.8. The molecule has 3 aromatic rings. The number of nitrogens with zero attached hydrogens (tertiary/aromatic N) is 2. The maximum absolute atomic E-state index is 13.5. The van der Waals surface area contributed by atoms with E-state index in [2.05, 4.69) is 0 Å². The maximum Gasteiger partial charge on any atom is 0.272 e. The number of aryl methyl sites for hydroxylation is 1. The van der Waals surface area contributed by atoms with Crippen LogP contribution in [0.1, 0.15) is 16.9 Å². The van der Waals surface area contributed by atoms with E-state index in [1.807, 2.05) is 13.0 Å². The van der Waals surface area contributed by atoms with Crippen molar-refractivity contribution in [2.24, 2.45) is 0 Å². The minimum atomic E-state index is -0.519. The van der Waals surface area contributed by atoms with E-state index in [9.17, 15) is 19.7 Å². The molecule has 0 unspecified atom stereocenters. The van der Waals surface area contributed by atoms with E-state index >= 15 is 0 Å². The number of carbonyl (C=O) groups excluding carboxylic acids is 2. The first-order valence-electron chi connectivity index (χ1n) is 9.58. The number of amides is 2. The topological polar surface area (TPSA) is 103 Å². The second kappa shape index (κ2) is 8.72. The van der Waals surface area contributed by atoms with Gasteiger partial charge in [0, 0.05) is 12.1 Å². The number of furan rings is 1. The Kier molecular flexibility index (Phi) is 5.83. The standard InChI is InChI=1S/C23H18N2O6S/c1-14-5-10-19(30-2)18(12-14)24-22(26)20(15-6-8-16(9-7-15)25(28)29)21(23(24)27)32-13-17-4-3-11-31-17/h3-12H,13H2,1-2H3. The van der Waals surface area contributed by atoms with Crippen LogP contribution in [0.3, 0.4) is 0 Å². The molecule has 0 fully saturated rings. The summed E-state index contributed by atoms with van der Waals surface area (Å²) in [6.07, 6.45) is 1.53. The first kappa shape index (κ1) is 21.4. The molecule has 0 N–H and O–H groups in total. The summed E-state index contributed by atoms with van der Waals surface area (Å²) in [6.45, 7) is 1.85. The van der Waals surface area contributed by atoms with Gasteiger partial charge >= 0.3 is 0 Å². The summed E-state index contributed by atoms with van der Waals surface area (Å²) in [5.41, 5.74) is 1.70. The van der Waals surface area contributed by atoms with Crippen molar-refractivity contribution in [3.05, 3.63) is 92.8 Å². The third kappa shape index (κ3) is 3.90. The predicted octanol–water partition coefficient (Wildman–Crippen LogP) is 4.72. The average Bonchev–Trinajstić information content (AvgIpc) is 3.38. The third-order valence-electron chi connectivity index (χ3n) is 4.92. The fourth-order valence-corrected chi connectivity index (χ4v) is 4.39. The molecule has 2 heterocycles. The predicted molar refractivity (Wildman–Crippen MR) is 120 cm³/mol. The highest BCUT2D eigenvalue weighted by molar-refractivity contribution is 8.03. The van der Waals surface area contributed by atoms with Gasteiger partial charge in [0.05, 0.1) is 40.2 Å². The van der Waals surface area contributed by atoms with Gasteiger partial charge in [-0.3, -0.25) is 19.7 Å². The lowest BCUT2D eigenvalue weighted by Crippen LogP contribution is -2.31. The summed E-state index contributed by atoms with van der Waals surface area (Å²) in [5.74, 6) is 0.380. The first-order chi connectivity index (χ1) is 15.4. The number of nitro groups is 1. The van der Waals surface area contributed by atoms with Gasteiger partial charge < -0.3 is 9.15 Å². The van der Waals surface area contributed by atoms with E-state index in [0.717, 1.165) is 10.5 Å². The van der Waals surface area contributed by atoms with Crippen molar-refractivity contribution < 1.29 is 23.7 Å².